The summed E-state index contributed by atoms with van der Waals surface area (Å²) >= 11 is 0. The van der Waals surface area contributed by atoms with Crippen molar-refractivity contribution in [2.45, 2.75) is 59.5 Å². The molecular formula is C13H3F21N2. The minimum atomic E-state index is -9.18. The van der Waals surface area contributed by atoms with Crippen LogP contribution in [0.4, 0.5) is 92.2 Å². The van der Waals surface area contributed by atoms with Crippen LogP contribution in [0, 0.1) is 0 Å². The molecule has 0 aromatic carbocycles. The van der Waals surface area contributed by atoms with Crippen LogP contribution >= 0.6 is 0 Å². The highest BCUT2D eigenvalue weighted by Crippen LogP contribution is 2.66. The molecule has 1 heterocycles. The van der Waals surface area contributed by atoms with Crippen molar-refractivity contribution in [3.05, 3.63) is 18.2 Å². The summed E-state index contributed by atoms with van der Waals surface area (Å²) in [5.74, 6) is -77.2. The number of rotatable bonds is 9. The Morgan fingerprint density at radius 3 is 0.944 bits per heavy atom. The molecule has 212 valence electrons. The van der Waals surface area contributed by atoms with E-state index in [2.05, 4.69) is 4.98 Å². The van der Waals surface area contributed by atoms with Gasteiger partial charge >= 0.3 is 59.5 Å². The fourth-order valence-electron chi connectivity index (χ4n) is 2.15. The average molecular weight is 586 g/mol. The van der Waals surface area contributed by atoms with E-state index in [1.165, 1.54) is 0 Å². The quantitative estimate of drug-likeness (QED) is 0.306. The van der Waals surface area contributed by atoms with Crippen LogP contribution in [-0.4, -0.2) is 63.5 Å². The number of hydrogen-bond acceptors (Lipinski definition) is 1. The molecule has 0 amide bonds. The summed E-state index contributed by atoms with van der Waals surface area (Å²) in [5, 5.41) is 0. The summed E-state index contributed by atoms with van der Waals surface area (Å²) in [4.78, 5) is 3.41. The molecule has 0 saturated carbocycles. The summed E-state index contributed by atoms with van der Waals surface area (Å²) in [7, 11) is 0. The van der Waals surface area contributed by atoms with Crippen molar-refractivity contribution in [1.82, 2.24) is 9.97 Å². The topological polar surface area (TPSA) is 28.7 Å². The van der Waals surface area contributed by atoms with Crippen molar-refractivity contribution < 1.29 is 92.2 Å². The van der Waals surface area contributed by atoms with Crippen LogP contribution in [0.15, 0.2) is 12.5 Å². The molecule has 0 aliphatic heterocycles. The molecule has 0 bridgehead atoms. The first-order valence-electron chi connectivity index (χ1n) is 7.81. The number of H-pyrrole nitrogens is 1. The standard InChI is InChI=1S/C13H3F21N2/c14-4(15,3-1-35-2-36-3)5(16,17)6(18,19)7(20,21)8(22,23)9(24,25)10(26,27)11(28,29)12(30,31)13(32,33)34/h1-2H,(H,35,36). The normalized spacial score (nSPS) is 16.5. The van der Waals surface area contributed by atoms with Gasteiger partial charge in [-0.05, 0) is 0 Å². The number of alkyl halides is 21. The van der Waals surface area contributed by atoms with Crippen LogP contribution in [0.5, 0.6) is 0 Å². The number of halogens is 21. The molecule has 1 rings (SSSR count). The van der Waals surface area contributed by atoms with E-state index in [4.69, 9.17) is 0 Å². The van der Waals surface area contributed by atoms with Crippen LogP contribution in [0.2, 0.25) is 0 Å². The Labute approximate surface area is 181 Å². The molecule has 1 aromatic rings. The van der Waals surface area contributed by atoms with Gasteiger partial charge in [0.05, 0.1) is 12.5 Å². The SMILES string of the molecule is FC(F)(F)C(F)(F)C(F)(F)C(F)(F)C(F)(F)C(F)(F)C(F)(F)C(F)(F)C(F)(F)C(F)(F)c1cnc[nH]1. The molecule has 2 nitrogen and oxygen atoms in total. The summed E-state index contributed by atoms with van der Waals surface area (Å²) < 4.78 is 277. The van der Waals surface area contributed by atoms with Gasteiger partial charge in [0, 0.05) is 0 Å². The van der Waals surface area contributed by atoms with Gasteiger partial charge in [-0.2, -0.15) is 92.2 Å². The van der Waals surface area contributed by atoms with Crippen LogP contribution in [-0.2, 0) is 5.92 Å². The second-order valence-electron chi connectivity index (χ2n) is 6.63. The van der Waals surface area contributed by atoms with E-state index in [1.54, 1.807) is 0 Å². The predicted octanol–water partition coefficient (Wildman–Crippen LogP) is 7.15. The first-order chi connectivity index (χ1) is 15.4. The lowest BCUT2D eigenvalue weighted by atomic mass is 9.86. The highest BCUT2D eigenvalue weighted by molar-refractivity contribution is 5.20. The van der Waals surface area contributed by atoms with Gasteiger partial charge in [0.1, 0.15) is 5.69 Å². The van der Waals surface area contributed by atoms with Crippen molar-refractivity contribution >= 4 is 0 Å². The van der Waals surface area contributed by atoms with E-state index in [9.17, 15) is 92.2 Å². The summed E-state index contributed by atoms with van der Waals surface area (Å²) in [6.07, 6.45) is -8.58. The Kier molecular flexibility index (Phi) is 6.94. The minimum Gasteiger partial charge on any atom is -0.343 e. The lowest BCUT2D eigenvalue weighted by molar-refractivity contribution is -0.475. The lowest BCUT2D eigenvalue weighted by Gasteiger charge is -2.44. The third kappa shape index (κ3) is 3.56. The Morgan fingerprint density at radius 2 is 0.694 bits per heavy atom. The maximum absolute atomic E-state index is 13.6. The van der Waals surface area contributed by atoms with Gasteiger partial charge in [-0.3, -0.25) is 0 Å². The van der Waals surface area contributed by atoms with E-state index in [0.29, 0.717) is 0 Å². The fourth-order valence-corrected chi connectivity index (χ4v) is 2.15. The molecule has 0 fully saturated rings. The summed E-state index contributed by atoms with van der Waals surface area (Å²) in [6.45, 7) is 0. The van der Waals surface area contributed by atoms with E-state index in [-0.39, 0.29) is 6.33 Å². The first-order valence-corrected chi connectivity index (χ1v) is 7.81. The molecule has 1 aromatic heterocycles. The Morgan fingerprint density at radius 1 is 0.417 bits per heavy atom. The van der Waals surface area contributed by atoms with Crippen molar-refractivity contribution in [1.29, 1.82) is 0 Å². The molecule has 1 N–H and O–H groups in total. The summed E-state index contributed by atoms with van der Waals surface area (Å²) in [6, 6.07) is 0. The van der Waals surface area contributed by atoms with Crippen LogP contribution in [0.25, 0.3) is 0 Å². The zero-order valence-corrected chi connectivity index (χ0v) is 15.5. The Bertz CT molecular complexity index is 924. The molecule has 0 radical (unpaired) electrons. The van der Waals surface area contributed by atoms with Gasteiger partial charge in [0.2, 0.25) is 0 Å². The molecule has 0 saturated heterocycles. The summed E-state index contributed by atoms with van der Waals surface area (Å²) in [5.41, 5.74) is -2.61. The van der Waals surface area contributed by atoms with Gasteiger partial charge in [0.15, 0.2) is 0 Å². The van der Waals surface area contributed by atoms with E-state index in [1.807, 2.05) is 0 Å². The zero-order valence-electron chi connectivity index (χ0n) is 15.5. The van der Waals surface area contributed by atoms with Gasteiger partial charge in [-0.25, -0.2) is 4.98 Å². The average Bonchev–Trinajstić information content (AvgIpc) is 3.21. The molecular weight excluding hydrogens is 583 g/mol. The highest BCUT2D eigenvalue weighted by Gasteiger charge is 2.98. The lowest BCUT2D eigenvalue weighted by Crippen LogP contribution is -2.76. The van der Waals surface area contributed by atoms with Gasteiger partial charge in [0.25, 0.3) is 0 Å². The largest absolute Gasteiger partial charge is 0.460 e. The van der Waals surface area contributed by atoms with Crippen molar-refractivity contribution in [2.75, 3.05) is 0 Å². The smallest absolute Gasteiger partial charge is 0.343 e. The maximum atomic E-state index is 13.6. The number of aromatic amines is 1. The number of aromatic nitrogens is 2. The van der Waals surface area contributed by atoms with Crippen LogP contribution < -0.4 is 0 Å². The number of hydrogen-bond donors (Lipinski definition) is 1. The Hall–Kier alpha value is -2.26. The molecule has 36 heavy (non-hydrogen) atoms. The van der Waals surface area contributed by atoms with E-state index < -0.39 is 71.4 Å². The fraction of sp³-hybridized carbons (Fsp3) is 0.769. The van der Waals surface area contributed by atoms with Gasteiger partial charge < -0.3 is 4.98 Å². The number of nitrogens with one attached hydrogen (secondary N) is 1. The third-order valence-corrected chi connectivity index (χ3v) is 4.35. The molecule has 23 heteroatoms. The van der Waals surface area contributed by atoms with Crippen LogP contribution in [0.1, 0.15) is 5.69 Å². The molecule has 0 atom stereocenters. The maximum Gasteiger partial charge on any atom is 0.460 e. The Balaban J connectivity index is 3.79. The molecule has 0 aliphatic carbocycles. The monoisotopic (exact) mass is 586 g/mol. The predicted molar refractivity (Wildman–Crippen MR) is 68.1 cm³/mol. The van der Waals surface area contributed by atoms with Crippen molar-refractivity contribution in [3.63, 3.8) is 0 Å². The third-order valence-electron chi connectivity index (χ3n) is 4.35. The second kappa shape index (κ2) is 7.87. The van der Waals surface area contributed by atoms with E-state index >= 15 is 0 Å². The van der Waals surface area contributed by atoms with Crippen molar-refractivity contribution in [3.8, 4) is 0 Å². The van der Waals surface area contributed by atoms with Crippen molar-refractivity contribution in [2.24, 2.45) is 0 Å². The number of nitrogens with zero attached hydrogens (tertiary/aromatic N) is 1. The van der Waals surface area contributed by atoms with Gasteiger partial charge in [-0.15, -0.1) is 0 Å². The zero-order chi connectivity index (χ0) is 29.4. The number of imidazole rings is 1. The highest BCUT2D eigenvalue weighted by atomic mass is 19.4. The first kappa shape index (κ1) is 31.8. The molecule has 0 spiro atoms. The second-order valence-corrected chi connectivity index (χ2v) is 6.63. The molecule has 0 unspecified atom stereocenters. The molecule has 0 aliphatic rings. The van der Waals surface area contributed by atoms with Gasteiger partial charge in [-0.1, -0.05) is 0 Å². The minimum absolute atomic E-state index is 0.0399. The van der Waals surface area contributed by atoms with Crippen LogP contribution in [0.3, 0.4) is 0 Å². The van der Waals surface area contributed by atoms with E-state index in [0.717, 1.165) is 4.98 Å².